The highest BCUT2D eigenvalue weighted by Crippen LogP contribution is 2.20. The van der Waals surface area contributed by atoms with Crippen molar-refractivity contribution in [3.63, 3.8) is 0 Å². The van der Waals surface area contributed by atoms with Crippen molar-refractivity contribution < 1.29 is 13.2 Å². The summed E-state index contributed by atoms with van der Waals surface area (Å²) in [4.78, 5) is 19.9. The number of hydrogen-bond acceptors (Lipinski definition) is 4. The molecule has 1 saturated carbocycles. The lowest BCUT2D eigenvalue weighted by Gasteiger charge is -2.25. The number of nitrogens with one attached hydrogen (secondary N) is 2. The molecule has 0 spiro atoms. The molecule has 27 heavy (non-hydrogen) atoms. The van der Waals surface area contributed by atoms with Crippen LogP contribution in [0.15, 0.2) is 4.99 Å². The summed E-state index contributed by atoms with van der Waals surface area (Å²) in [6.45, 7) is 4.74. The maximum atomic E-state index is 12.5. The van der Waals surface area contributed by atoms with E-state index >= 15 is 0 Å². The summed E-state index contributed by atoms with van der Waals surface area (Å²) in [7, 11) is 0.0654. The first-order chi connectivity index (χ1) is 12.2. The fourth-order valence-electron chi connectivity index (χ4n) is 3.37. The van der Waals surface area contributed by atoms with Crippen LogP contribution < -0.4 is 10.0 Å². The number of carbonyl (C=O) groups is 1. The zero-order chi connectivity index (χ0) is 19.3. The van der Waals surface area contributed by atoms with Crippen LogP contribution >= 0.6 is 24.0 Å². The van der Waals surface area contributed by atoms with Gasteiger partial charge in [-0.2, -0.15) is 0 Å². The van der Waals surface area contributed by atoms with E-state index in [0.29, 0.717) is 31.5 Å². The zero-order valence-electron chi connectivity index (χ0n) is 16.8. The number of halogens is 1. The molecule has 0 aromatic rings. The van der Waals surface area contributed by atoms with Crippen LogP contribution in [0, 0.1) is 0 Å². The molecule has 158 valence electrons. The van der Waals surface area contributed by atoms with E-state index in [4.69, 9.17) is 0 Å². The lowest BCUT2D eigenvalue weighted by molar-refractivity contribution is -0.127. The molecule has 1 unspecified atom stereocenters. The van der Waals surface area contributed by atoms with Crippen LogP contribution in [0.5, 0.6) is 0 Å². The van der Waals surface area contributed by atoms with Crippen molar-refractivity contribution >= 4 is 45.9 Å². The number of amides is 1. The van der Waals surface area contributed by atoms with Gasteiger partial charge in [-0.25, -0.2) is 18.1 Å². The summed E-state index contributed by atoms with van der Waals surface area (Å²) in [5.41, 5.74) is 0. The second-order valence-electron chi connectivity index (χ2n) is 7.73. The summed E-state index contributed by atoms with van der Waals surface area (Å²) in [5.74, 6) is 0.593. The molecule has 0 aromatic heterocycles. The molecule has 0 bridgehead atoms. The molecular formula is C17H34IN5O3S. The van der Waals surface area contributed by atoms with Gasteiger partial charge in [0.15, 0.2) is 5.96 Å². The summed E-state index contributed by atoms with van der Waals surface area (Å²) in [6.07, 6.45) is 5.12. The second-order valence-corrected chi connectivity index (χ2v) is 9.72. The largest absolute Gasteiger partial charge is 0.353 e. The van der Waals surface area contributed by atoms with Gasteiger partial charge in [0.1, 0.15) is 6.54 Å². The Morgan fingerprint density at radius 3 is 2.41 bits per heavy atom. The first kappa shape index (κ1) is 24.4. The third-order valence-electron chi connectivity index (χ3n) is 4.83. The van der Waals surface area contributed by atoms with E-state index in [-0.39, 0.29) is 42.5 Å². The second kappa shape index (κ2) is 10.8. The van der Waals surface area contributed by atoms with Gasteiger partial charge in [-0.3, -0.25) is 4.79 Å². The Labute approximate surface area is 180 Å². The minimum atomic E-state index is -3.35. The van der Waals surface area contributed by atoms with Crippen molar-refractivity contribution in [2.24, 2.45) is 4.99 Å². The minimum Gasteiger partial charge on any atom is -0.353 e. The number of sulfonamides is 1. The first-order valence-electron chi connectivity index (χ1n) is 9.46. The molecule has 1 amide bonds. The van der Waals surface area contributed by atoms with Gasteiger partial charge in [0.25, 0.3) is 0 Å². The number of hydrogen-bond donors (Lipinski definition) is 2. The SMILES string of the molecule is CC(C)NS(=O)(=O)C1CCN(C(=NCC(=O)N(C)C)NC2CCCC2)C1.I. The average Bonchev–Trinajstić information content (AvgIpc) is 3.21. The first-order valence-corrected chi connectivity index (χ1v) is 11.0. The van der Waals surface area contributed by atoms with E-state index in [1.54, 1.807) is 14.1 Å². The van der Waals surface area contributed by atoms with E-state index in [1.165, 1.54) is 17.7 Å². The fraction of sp³-hybridized carbons (Fsp3) is 0.882. The predicted molar refractivity (Wildman–Crippen MR) is 119 cm³/mol. The van der Waals surface area contributed by atoms with Gasteiger partial charge in [-0.15, -0.1) is 24.0 Å². The highest BCUT2D eigenvalue weighted by molar-refractivity contribution is 14.0. The third kappa shape index (κ3) is 7.37. The van der Waals surface area contributed by atoms with Crippen LogP contribution in [0.3, 0.4) is 0 Å². The van der Waals surface area contributed by atoms with Crippen LogP contribution in [0.25, 0.3) is 0 Å². The maximum Gasteiger partial charge on any atom is 0.243 e. The standard InChI is InChI=1S/C17H33N5O3S.HI/c1-13(2)20-26(24,25)15-9-10-22(12-15)17(18-11-16(23)21(3)4)19-14-7-5-6-8-14;/h13-15,20H,5-12H2,1-4H3,(H,18,19);1H. The van der Waals surface area contributed by atoms with Gasteiger partial charge >= 0.3 is 0 Å². The van der Waals surface area contributed by atoms with Crippen molar-refractivity contribution in [1.82, 2.24) is 19.8 Å². The molecule has 2 rings (SSSR count). The Balaban J connectivity index is 0.00000364. The maximum absolute atomic E-state index is 12.5. The smallest absolute Gasteiger partial charge is 0.243 e. The number of carbonyl (C=O) groups excluding carboxylic acids is 1. The lowest BCUT2D eigenvalue weighted by Crippen LogP contribution is -2.46. The topological polar surface area (TPSA) is 94.1 Å². The van der Waals surface area contributed by atoms with Crippen LogP contribution in [0.4, 0.5) is 0 Å². The number of rotatable bonds is 6. The van der Waals surface area contributed by atoms with Crippen molar-refractivity contribution in [2.75, 3.05) is 33.7 Å². The van der Waals surface area contributed by atoms with Crippen LogP contribution in [0.1, 0.15) is 46.0 Å². The molecule has 0 radical (unpaired) electrons. The van der Waals surface area contributed by atoms with Gasteiger partial charge in [0, 0.05) is 39.3 Å². The molecule has 10 heteroatoms. The Hall–Kier alpha value is -0.620. The molecule has 2 N–H and O–H groups in total. The molecule has 1 saturated heterocycles. The number of guanidine groups is 1. The normalized spacial score (nSPS) is 21.4. The van der Waals surface area contributed by atoms with Crippen LogP contribution in [-0.2, 0) is 14.8 Å². The molecule has 1 aliphatic carbocycles. The molecule has 1 atom stereocenters. The quantitative estimate of drug-likeness (QED) is 0.313. The molecule has 1 heterocycles. The van der Waals surface area contributed by atoms with Gasteiger partial charge in [-0.1, -0.05) is 12.8 Å². The Morgan fingerprint density at radius 1 is 1.22 bits per heavy atom. The number of nitrogens with zero attached hydrogens (tertiary/aromatic N) is 3. The lowest BCUT2D eigenvalue weighted by atomic mass is 10.2. The highest BCUT2D eigenvalue weighted by atomic mass is 127. The molecule has 2 fully saturated rings. The number of likely N-dealkylation sites (N-methyl/N-ethyl adjacent to an activating group) is 1. The highest BCUT2D eigenvalue weighted by Gasteiger charge is 2.35. The fourth-order valence-corrected chi connectivity index (χ4v) is 5.01. The van der Waals surface area contributed by atoms with E-state index in [2.05, 4.69) is 15.0 Å². The zero-order valence-corrected chi connectivity index (χ0v) is 19.9. The van der Waals surface area contributed by atoms with E-state index < -0.39 is 15.3 Å². The van der Waals surface area contributed by atoms with Crippen molar-refractivity contribution in [3.8, 4) is 0 Å². The monoisotopic (exact) mass is 515 g/mol. The molecule has 1 aliphatic heterocycles. The minimum absolute atomic E-state index is 0. The molecule has 2 aliphatic rings. The molecule has 8 nitrogen and oxygen atoms in total. The van der Waals surface area contributed by atoms with E-state index in [0.717, 1.165) is 12.8 Å². The van der Waals surface area contributed by atoms with Crippen LogP contribution in [-0.4, -0.2) is 81.1 Å². The van der Waals surface area contributed by atoms with Gasteiger partial charge < -0.3 is 15.1 Å². The predicted octanol–water partition coefficient (Wildman–Crippen LogP) is 0.983. The summed E-state index contributed by atoms with van der Waals surface area (Å²) >= 11 is 0. The van der Waals surface area contributed by atoms with E-state index in [9.17, 15) is 13.2 Å². The summed E-state index contributed by atoms with van der Waals surface area (Å²) in [5, 5.41) is 3.00. The van der Waals surface area contributed by atoms with Crippen molar-refractivity contribution in [3.05, 3.63) is 0 Å². The van der Waals surface area contributed by atoms with E-state index in [1.807, 2.05) is 18.7 Å². The van der Waals surface area contributed by atoms with Crippen molar-refractivity contribution in [2.45, 2.75) is 63.3 Å². The third-order valence-corrected chi connectivity index (χ3v) is 6.90. The van der Waals surface area contributed by atoms with Crippen molar-refractivity contribution in [1.29, 1.82) is 0 Å². The Bertz CT molecular complexity index is 618. The Kier molecular flexibility index (Phi) is 9.76. The Morgan fingerprint density at radius 2 is 1.85 bits per heavy atom. The molecular weight excluding hydrogens is 481 g/mol. The molecule has 0 aromatic carbocycles. The summed E-state index contributed by atoms with van der Waals surface area (Å²) < 4.78 is 27.6. The van der Waals surface area contributed by atoms with Crippen LogP contribution in [0.2, 0.25) is 0 Å². The van der Waals surface area contributed by atoms with Gasteiger partial charge in [0.2, 0.25) is 15.9 Å². The number of aliphatic imine (C=N–C) groups is 1. The summed E-state index contributed by atoms with van der Waals surface area (Å²) in [6, 6.07) is 0.240. The average molecular weight is 515 g/mol. The van der Waals surface area contributed by atoms with Gasteiger partial charge in [0.05, 0.1) is 5.25 Å². The van der Waals surface area contributed by atoms with Gasteiger partial charge in [-0.05, 0) is 33.1 Å². The number of likely N-dealkylation sites (tertiary alicyclic amines) is 1.